The first-order valence-electron chi connectivity index (χ1n) is 11.7. The van der Waals surface area contributed by atoms with Gasteiger partial charge in [0.25, 0.3) is 0 Å². The minimum atomic E-state index is -0.297. The molecule has 0 fully saturated rings. The summed E-state index contributed by atoms with van der Waals surface area (Å²) in [6, 6.07) is 8.09. The number of fused-ring (bicyclic) bond motifs is 2. The van der Waals surface area contributed by atoms with Crippen molar-refractivity contribution in [3.8, 4) is 17.6 Å². The third-order valence-corrected chi connectivity index (χ3v) is 8.47. The molecule has 0 radical (unpaired) electrons. The molecule has 7 heteroatoms. The number of nitriles is 1. The Bertz CT molecular complexity index is 1250. The topological polar surface area (TPSA) is 79.6 Å². The van der Waals surface area contributed by atoms with Gasteiger partial charge in [-0.3, -0.25) is 14.5 Å². The Morgan fingerprint density at radius 2 is 1.85 bits per heavy atom. The van der Waals surface area contributed by atoms with Crippen molar-refractivity contribution < 1.29 is 19.1 Å². The first-order chi connectivity index (χ1) is 16.2. The minimum absolute atomic E-state index is 0.0426. The van der Waals surface area contributed by atoms with Crippen molar-refractivity contribution in [2.75, 3.05) is 11.7 Å². The van der Waals surface area contributed by atoms with Crippen LogP contribution < -0.4 is 14.4 Å². The van der Waals surface area contributed by atoms with Gasteiger partial charge in [0, 0.05) is 34.9 Å². The number of carbonyl (C=O) groups is 2. The summed E-state index contributed by atoms with van der Waals surface area (Å²) >= 11 is 1.58. The summed E-state index contributed by atoms with van der Waals surface area (Å²) in [6.07, 6.45) is 7.30. The van der Waals surface area contributed by atoms with Crippen LogP contribution in [0.2, 0.25) is 0 Å². The molecule has 0 spiro atoms. The van der Waals surface area contributed by atoms with E-state index in [1.165, 1.54) is 11.3 Å². The summed E-state index contributed by atoms with van der Waals surface area (Å²) in [6.45, 7) is 0.184. The Labute approximate surface area is 196 Å². The van der Waals surface area contributed by atoms with E-state index in [1.807, 2.05) is 18.2 Å². The number of ketones is 1. The van der Waals surface area contributed by atoms with E-state index >= 15 is 0 Å². The lowest BCUT2D eigenvalue weighted by Crippen LogP contribution is -2.40. The van der Waals surface area contributed by atoms with Crippen LogP contribution in [0.1, 0.15) is 72.4 Å². The van der Waals surface area contributed by atoms with Crippen LogP contribution in [0.3, 0.4) is 0 Å². The van der Waals surface area contributed by atoms with Crippen molar-refractivity contribution >= 4 is 28.0 Å². The maximum absolute atomic E-state index is 13.6. The highest BCUT2D eigenvalue weighted by atomic mass is 32.1. The van der Waals surface area contributed by atoms with E-state index in [-0.39, 0.29) is 30.8 Å². The zero-order valence-corrected chi connectivity index (χ0v) is 19.1. The van der Waals surface area contributed by atoms with E-state index in [0.717, 1.165) is 59.5 Å². The molecule has 0 bridgehead atoms. The number of amides is 1. The van der Waals surface area contributed by atoms with Gasteiger partial charge in [0.2, 0.25) is 12.7 Å². The number of hydrogen-bond donors (Lipinski definition) is 0. The zero-order chi connectivity index (χ0) is 22.5. The summed E-state index contributed by atoms with van der Waals surface area (Å²) in [5.41, 5.74) is 4.17. The van der Waals surface area contributed by atoms with E-state index in [4.69, 9.17) is 9.47 Å². The van der Waals surface area contributed by atoms with Crippen LogP contribution in [0, 0.1) is 11.3 Å². The fraction of sp³-hybridized carbons (Fsp3) is 0.423. The van der Waals surface area contributed by atoms with Crippen LogP contribution in [0.25, 0.3) is 0 Å². The number of carbonyl (C=O) groups excluding carboxylic acids is 2. The van der Waals surface area contributed by atoms with Gasteiger partial charge in [0.1, 0.15) is 11.1 Å². The molecule has 3 heterocycles. The number of benzene rings is 1. The van der Waals surface area contributed by atoms with Crippen molar-refractivity contribution in [1.82, 2.24) is 0 Å². The number of anilines is 1. The molecule has 0 saturated carbocycles. The Hall–Kier alpha value is -3.11. The van der Waals surface area contributed by atoms with Crippen LogP contribution in [-0.2, 0) is 22.4 Å². The van der Waals surface area contributed by atoms with Gasteiger partial charge in [-0.25, -0.2) is 0 Å². The molecule has 0 N–H and O–H groups in total. The third kappa shape index (κ3) is 3.27. The highest BCUT2D eigenvalue weighted by molar-refractivity contribution is 7.16. The van der Waals surface area contributed by atoms with Gasteiger partial charge in [0.05, 0.1) is 5.56 Å². The van der Waals surface area contributed by atoms with Crippen LogP contribution in [-0.4, -0.2) is 18.5 Å². The first-order valence-corrected chi connectivity index (χ1v) is 12.5. The number of allylic oxidation sites excluding steroid dienone is 2. The van der Waals surface area contributed by atoms with Crippen molar-refractivity contribution in [2.24, 2.45) is 0 Å². The normalized spacial score (nSPS) is 22.0. The van der Waals surface area contributed by atoms with E-state index < -0.39 is 0 Å². The average Bonchev–Trinajstić information content (AvgIpc) is 3.35. The predicted molar refractivity (Wildman–Crippen MR) is 124 cm³/mol. The van der Waals surface area contributed by atoms with Crippen LogP contribution in [0.5, 0.6) is 11.5 Å². The third-order valence-electron chi connectivity index (χ3n) is 7.19. The molecular formula is C26H24N2O4S. The highest BCUT2D eigenvalue weighted by Gasteiger charge is 2.42. The second-order valence-electron chi connectivity index (χ2n) is 9.09. The van der Waals surface area contributed by atoms with Gasteiger partial charge < -0.3 is 9.47 Å². The number of nitrogens with zero attached hydrogens (tertiary/aromatic N) is 2. The van der Waals surface area contributed by atoms with Crippen LogP contribution >= 0.6 is 11.3 Å². The number of hydrogen-bond acceptors (Lipinski definition) is 6. The molecular weight excluding hydrogens is 436 g/mol. The second kappa shape index (κ2) is 8.03. The van der Waals surface area contributed by atoms with Gasteiger partial charge in [-0.2, -0.15) is 5.26 Å². The second-order valence-corrected chi connectivity index (χ2v) is 10.2. The van der Waals surface area contributed by atoms with E-state index in [9.17, 15) is 14.9 Å². The van der Waals surface area contributed by atoms with Gasteiger partial charge in [0.15, 0.2) is 17.3 Å². The molecule has 6 rings (SSSR count). The molecule has 2 aromatic rings. The monoisotopic (exact) mass is 460 g/mol. The molecule has 2 aliphatic carbocycles. The lowest BCUT2D eigenvalue weighted by molar-refractivity contribution is -0.119. The Balaban J connectivity index is 1.48. The largest absolute Gasteiger partial charge is 0.454 e. The molecule has 33 heavy (non-hydrogen) atoms. The fourth-order valence-electron chi connectivity index (χ4n) is 5.64. The maximum atomic E-state index is 13.6. The van der Waals surface area contributed by atoms with Gasteiger partial charge in [-0.05, 0) is 61.8 Å². The number of Topliss-reactive ketones (excluding diaryl/α,β-unsaturated/α-hetero) is 1. The Morgan fingerprint density at radius 1 is 1.00 bits per heavy atom. The molecule has 4 aliphatic rings. The number of rotatable bonds is 2. The molecule has 168 valence electrons. The molecule has 1 aromatic heterocycles. The van der Waals surface area contributed by atoms with E-state index in [2.05, 4.69) is 6.07 Å². The first kappa shape index (κ1) is 20.5. The number of aryl methyl sites for hydroxylation is 1. The van der Waals surface area contributed by atoms with Gasteiger partial charge >= 0.3 is 0 Å². The average molecular weight is 461 g/mol. The van der Waals surface area contributed by atoms with E-state index in [0.29, 0.717) is 29.9 Å². The lowest BCUT2D eigenvalue weighted by atomic mass is 9.77. The highest BCUT2D eigenvalue weighted by Crippen LogP contribution is 2.48. The Kier molecular flexibility index (Phi) is 4.99. The predicted octanol–water partition coefficient (Wildman–Crippen LogP) is 5.14. The van der Waals surface area contributed by atoms with Crippen molar-refractivity contribution in [1.29, 1.82) is 5.26 Å². The minimum Gasteiger partial charge on any atom is -0.454 e. The summed E-state index contributed by atoms with van der Waals surface area (Å²) in [4.78, 5) is 29.8. The molecule has 1 unspecified atom stereocenters. The SMILES string of the molecule is N#Cc1c(N2C(=O)CC(c3ccc4c(c3)OCO4)C3=C2CCCC3=O)sc2c1CCCCC2. The van der Waals surface area contributed by atoms with Crippen molar-refractivity contribution in [2.45, 2.75) is 63.7 Å². The summed E-state index contributed by atoms with van der Waals surface area (Å²) in [7, 11) is 0. The van der Waals surface area contributed by atoms with E-state index in [1.54, 1.807) is 16.2 Å². The smallest absolute Gasteiger partial charge is 0.232 e. The van der Waals surface area contributed by atoms with Crippen molar-refractivity contribution in [3.05, 3.63) is 51.0 Å². The number of thiophene rings is 1. The summed E-state index contributed by atoms with van der Waals surface area (Å²) in [5.74, 6) is 1.11. The molecule has 6 nitrogen and oxygen atoms in total. The fourth-order valence-corrected chi connectivity index (χ4v) is 7.03. The molecule has 1 atom stereocenters. The lowest BCUT2D eigenvalue weighted by Gasteiger charge is -2.37. The molecule has 2 aliphatic heterocycles. The standard InChI is InChI=1S/C26H24N2O4S/c27-13-18-16-5-2-1-3-8-23(16)33-26(18)28-19-6-4-7-20(29)25(19)17(12-24(28)30)15-9-10-21-22(11-15)32-14-31-21/h9-11,17H,1-8,12,14H2. The molecule has 1 aromatic carbocycles. The van der Waals surface area contributed by atoms with Gasteiger partial charge in [-0.1, -0.05) is 12.5 Å². The van der Waals surface area contributed by atoms with Gasteiger partial charge in [-0.15, -0.1) is 11.3 Å². The Morgan fingerprint density at radius 3 is 2.73 bits per heavy atom. The summed E-state index contributed by atoms with van der Waals surface area (Å²) < 4.78 is 11.0. The quantitative estimate of drug-likeness (QED) is 0.580. The van der Waals surface area contributed by atoms with Crippen LogP contribution in [0.15, 0.2) is 29.5 Å². The zero-order valence-electron chi connectivity index (χ0n) is 18.3. The maximum Gasteiger partial charge on any atom is 0.232 e. The van der Waals surface area contributed by atoms with Crippen LogP contribution in [0.4, 0.5) is 5.00 Å². The molecule has 0 saturated heterocycles. The number of ether oxygens (including phenoxy) is 2. The molecule has 1 amide bonds. The summed E-state index contributed by atoms with van der Waals surface area (Å²) in [5, 5.41) is 10.8. The van der Waals surface area contributed by atoms with Crippen molar-refractivity contribution in [3.63, 3.8) is 0 Å².